The molecule has 1 aromatic heterocycles. The normalized spacial score (nSPS) is 11.7. The second-order valence-corrected chi connectivity index (χ2v) is 3.64. The summed E-state index contributed by atoms with van der Waals surface area (Å²) in [4.78, 5) is 0. The third-order valence-corrected chi connectivity index (χ3v) is 2.44. The Balaban J connectivity index is 2.28. The maximum Gasteiger partial charge on any atom is 0.186 e. The first-order valence-electron chi connectivity index (χ1n) is 5.08. The van der Waals surface area contributed by atoms with Crippen molar-refractivity contribution in [3.05, 3.63) is 59.7 Å². The van der Waals surface area contributed by atoms with Gasteiger partial charge in [0.2, 0.25) is 0 Å². The minimum Gasteiger partial charge on any atom is -0.409 e. The predicted molar refractivity (Wildman–Crippen MR) is 62.4 cm³/mol. The topological polar surface area (TPSA) is 63.5 Å². The molecule has 0 saturated carbocycles. The summed E-state index contributed by atoms with van der Waals surface area (Å²) in [6.07, 6.45) is 1.79. The van der Waals surface area contributed by atoms with Crippen LogP contribution in [0.5, 0.6) is 0 Å². The average molecular weight is 233 g/mol. The fourth-order valence-electron chi connectivity index (χ4n) is 1.67. The quantitative estimate of drug-likeness (QED) is 0.367. The maximum absolute atomic E-state index is 13.0. The lowest BCUT2D eigenvalue weighted by Gasteiger charge is -2.08. The number of nitrogens with two attached hydrogens (primary N) is 1. The fraction of sp³-hybridized carbons (Fsp3) is 0.0833. The standard InChI is InChI=1S/C12H12FN3O/c13-10-4-1-3-9(7-10)8-16-6-2-5-11(16)12(14)15-17/h1-7,17H,8H2,(H2,14,15). The highest BCUT2D eigenvalue weighted by molar-refractivity contribution is 5.95. The minimum absolute atomic E-state index is 0.0337. The van der Waals surface area contributed by atoms with Gasteiger partial charge in [-0.3, -0.25) is 0 Å². The van der Waals surface area contributed by atoms with Crippen molar-refractivity contribution in [1.29, 1.82) is 0 Å². The fourth-order valence-corrected chi connectivity index (χ4v) is 1.67. The van der Waals surface area contributed by atoms with Gasteiger partial charge < -0.3 is 15.5 Å². The average Bonchev–Trinajstić information content (AvgIpc) is 2.76. The van der Waals surface area contributed by atoms with Crippen LogP contribution in [-0.4, -0.2) is 15.6 Å². The molecule has 0 unspecified atom stereocenters. The van der Waals surface area contributed by atoms with E-state index >= 15 is 0 Å². The Labute approximate surface area is 97.8 Å². The van der Waals surface area contributed by atoms with Gasteiger partial charge in [-0.05, 0) is 29.8 Å². The summed E-state index contributed by atoms with van der Waals surface area (Å²) in [6.45, 7) is 0.469. The number of amidine groups is 1. The maximum atomic E-state index is 13.0. The zero-order valence-electron chi connectivity index (χ0n) is 9.05. The Morgan fingerprint density at radius 3 is 2.88 bits per heavy atom. The van der Waals surface area contributed by atoms with Crippen molar-refractivity contribution in [1.82, 2.24) is 4.57 Å². The van der Waals surface area contributed by atoms with Crippen LogP contribution >= 0.6 is 0 Å². The zero-order chi connectivity index (χ0) is 12.3. The number of hydrogen-bond acceptors (Lipinski definition) is 2. The molecular weight excluding hydrogens is 221 g/mol. The second-order valence-electron chi connectivity index (χ2n) is 3.64. The Morgan fingerprint density at radius 1 is 1.35 bits per heavy atom. The summed E-state index contributed by atoms with van der Waals surface area (Å²) in [5.41, 5.74) is 6.94. The molecule has 0 atom stereocenters. The molecule has 17 heavy (non-hydrogen) atoms. The molecule has 0 aliphatic heterocycles. The lowest BCUT2D eigenvalue weighted by atomic mass is 10.2. The van der Waals surface area contributed by atoms with E-state index in [-0.39, 0.29) is 11.7 Å². The van der Waals surface area contributed by atoms with Crippen molar-refractivity contribution in [2.45, 2.75) is 6.54 Å². The molecule has 0 saturated heterocycles. The second kappa shape index (κ2) is 4.69. The van der Waals surface area contributed by atoms with Gasteiger partial charge in [0.05, 0.1) is 5.69 Å². The highest BCUT2D eigenvalue weighted by Crippen LogP contribution is 2.09. The third-order valence-electron chi connectivity index (χ3n) is 2.44. The Kier molecular flexibility index (Phi) is 3.09. The van der Waals surface area contributed by atoms with Gasteiger partial charge in [0, 0.05) is 12.7 Å². The van der Waals surface area contributed by atoms with Crippen LogP contribution in [0.25, 0.3) is 0 Å². The molecule has 88 valence electrons. The minimum atomic E-state index is -0.278. The first kappa shape index (κ1) is 11.2. The number of hydrogen-bond donors (Lipinski definition) is 2. The highest BCUT2D eigenvalue weighted by atomic mass is 19.1. The van der Waals surface area contributed by atoms with Crippen LogP contribution in [-0.2, 0) is 6.54 Å². The van der Waals surface area contributed by atoms with E-state index in [1.165, 1.54) is 12.1 Å². The molecular formula is C12H12FN3O. The Morgan fingerprint density at radius 2 is 2.18 bits per heavy atom. The van der Waals surface area contributed by atoms with E-state index in [4.69, 9.17) is 10.9 Å². The van der Waals surface area contributed by atoms with Gasteiger partial charge in [0.15, 0.2) is 5.84 Å². The molecule has 0 spiro atoms. The first-order chi connectivity index (χ1) is 8.20. The molecule has 0 amide bonds. The summed E-state index contributed by atoms with van der Waals surface area (Å²) >= 11 is 0. The van der Waals surface area contributed by atoms with Gasteiger partial charge >= 0.3 is 0 Å². The van der Waals surface area contributed by atoms with E-state index < -0.39 is 0 Å². The number of halogens is 1. The molecule has 0 aliphatic carbocycles. The van der Waals surface area contributed by atoms with Gasteiger partial charge in [-0.1, -0.05) is 17.3 Å². The van der Waals surface area contributed by atoms with E-state index in [0.29, 0.717) is 12.2 Å². The monoisotopic (exact) mass is 233 g/mol. The van der Waals surface area contributed by atoms with E-state index in [1.807, 2.05) is 6.07 Å². The molecule has 2 aromatic rings. The van der Waals surface area contributed by atoms with Gasteiger partial charge in [0.1, 0.15) is 5.82 Å². The van der Waals surface area contributed by atoms with Crippen molar-refractivity contribution in [2.75, 3.05) is 0 Å². The van der Waals surface area contributed by atoms with Crippen molar-refractivity contribution in [2.24, 2.45) is 10.9 Å². The third kappa shape index (κ3) is 2.44. The van der Waals surface area contributed by atoms with E-state index in [1.54, 1.807) is 29.0 Å². The molecule has 5 heteroatoms. The molecule has 1 aromatic carbocycles. The summed E-state index contributed by atoms with van der Waals surface area (Å²) in [5.74, 6) is -0.244. The van der Waals surface area contributed by atoms with E-state index in [2.05, 4.69) is 5.16 Å². The van der Waals surface area contributed by atoms with Crippen molar-refractivity contribution >= 4 is 5.84 Å². The zero-order valence-corrected chi connectivity index (χ0v) is 9.05. The first-order valence-corrected chi connectivity index (χ1v) is 5.08. The lowest BCUT2D eigenvalue weighted by molar-refractivity contribution is 0.318. The largest absolute Gasteiger partial charge is 0.409 e. The van der Waals surface area contributed by atoms with Crippen LogP contribution in [0.4, 0.5) is 4.39 Å². The van der Waals surface area contributed by atoms with Crippen molar-refractivity contribution < 1.29 is 9.60 Å². The lowest BCUT2D eigenvalue weighted by Crippen LogP contribution is -2.18. The number of nitrogens with zero attached hydrogens (tertiary/aromatic N) is 2. The van der Waals surface area contributed by atoms with Gasteiger partial charge in [-0.25, -0.2) is 4.39 Å². The van der Waals surface area contributed by atoms with Crippen molar-refractivity contribution in [3.63, 3.8) is 0 Å². The molecule has 3 N–H and O–H groups in total. The van der Waals surface area contributed by atoms with Crippen LogP contribution in [0.1, 0.15) is 11.3 Å². The van der Waals surface area contributed by atoms with Crippen LogP contribution in [0.15, 0.2) is 47.8 Å². The van der Waals surface area contributed by atoms with Gasteiger partial charge in [0.25, 0.3) is 0 Å². The number of aromatic nitrogens is 1. The molecule has 4 nitrogen and oxygen atoms in total. The predicted octanol–water partition coefficient (Wildman–Crippen LogP) is 1.77. The Bertz CT molecular complexity index is 548. The summed E-state index contributed by atoms with van der Waals surface area (Å²) in [7, 11) is 0. The highest BCUT2D eigenvalue weighted by Gasteiger charge is 2.06. The summed E-state index contributed by atoms with van der Waals surface area (Å²) in [5, 5.41) is 11.6. The van der Waals surface area contributed by atoms with Crippen LogP contribution < -0.4 is 5.73 Å². The molecule has 0 radical (unpaired) electrons. The number of benzene rings is 1. The van der Waals surface area contributed by atoms with Crippen molar-refractivity contribution in [3.8, 4) is 0 Å². The molecule has 0 aliphatic rings. The van der Waals surface area contributed by atoms with Crippen LogP contribution in [0, 0.1) is 5.82 Å². The molecule has 2 rings (SSSR count). The molecule has 0 fully saturated rings. The SMILES string of the molecule is N/C(=N/O)c1cccn1Cc1cccc(F)c1. The van der Waals surface area contributed by atoms with E-state index in [0.717, 1.165) is 5.56 Å². The van der Waals surface area contributed by atoms with Crippen LogP contribution in [0.2, 0.25) is 0 Å². The van der Waals surface area contributed by atoms with Crippen LogP contribution in [0.3, 0.4) is 0 Å². The summed E-state index contributed by atoms with van der Waals surface area (Å²) < 4.78 is 14.8. The Hall–Kier alpha value is -2.30. The van der Waals surface area contributed by atoms with Gasteiger partial charge in [-0.2, -0.15) is 0 Å². The molecule has 1 heterocycles. The molecule has 0 bridgehead atoms. The number of oxime groups is 1. The summed E-state index contributed by atoms with van der Waals surface area (Å²) in [6, 6.07) is 9.83. The smallest absolute Gasteiger partial charge is 0.186 e. The number of rotatable bonds is 3. The van der Waals surface area contributed by atoms with E-state index in [9.17, 15) is 4.39 Å². The van der Waals surface area contributed by atoms with Gasteiger partial charge in [-0.15, -0.1) is 0 Å².